The average Bonchev–Trinajstić information content (AvgIpc) is 2.72. The van der Waals surface area contributed by atoms with Crippen LogP contribution in [0.4, 0.5) is 0 Å². The van der Waals surface area contributed by atoms with Crippen LogP contribution in [0.25, 0.3) is 10.8 Å². The number of rotatable bonds is 16. The Bertz CT molecular complexity index is 646. The summed E-state index contributed by atoms with van der Waals surface area (Å²) in [7, 11) is 0. The summed E-state index contributed by atoms with van der Waals surface area (Å²) < 4.78 is 6.08. The van der Waals surface area contributed by atoms with Gasteiger partial charge in [0.1, 0.15) is 5.75 Å². The highest BCUT2D eigenvalue weighted by Crippen LogP contribution is 2.28. The number of hydrogen-bond acceptors (Lipinski definition) is 1. The van der Waals surface area contributed by atoms with Gasteiger partial charge in [0, 0.05) is 5.39 Å². The fraction of sp³-hybridized carbons (Fsp3) is 0.630. The van der Waals surface area contributed by atoms with Gasteiger partial charge in [-0.2, -0.15) is 0 Å². The summed E-state index contributed by atoms with van der Waals surface area (Å²) in [5.41, 5.74) is 1.32. The van der Waals surface area contributed by atoms with Crippen LogP contribution in [0.3, 0.4) is 0 Å². The molecule has 28 heavy (non-hydrogen) atoms. The van der Waals surface area contributed by atoms with E-state index in [4.69, 9.17) is 4.74 Å². The summed E-state index contributed by atoms with van der Waals surface area (Å²) in [6.07, 6.45) is 19.5. The molecule has 0 aromatic heterocycles. The van der Waals surface area contributed by atoms with Crippen molar-refractivity contribution in [3.63, 3.8) is 0 Å². The van der Waals surface area contributed by atoms with E-state index in [2.05, 4.69) is 50.2 Å². The van der Waals surface area contributed by atoms with E-state index in [-0.39, 0.29) is 0 Å². The molecule has 1 heteroatoms. The molecule has 0 unspecified atom stereocenters. The van der Waals surface area contributed by atoms with Crippen LogP contribution in [0.1, 0.15) is 102 Å². The Morgan fingerprint density at radius 3 is 1.64 bits per heavy atom. The Kier molecular flexibility index (Phi) is 11.8. The zero-order valence-electron chi connectivity index (χ0n) is 18.5. The van der Waals surface area contributed by atoms with Gasteiger partial charge in [-0.3, -0.25) is 0 Å². The maximum atomic E-state index is 6.08. The Hall–Kier alpha value is -1.50. The lowest BCUT2D eigenvalue weighted by Gasteiger charge is -2.11. The van der Waals surface area contributed by atoms with Crippen molar-refractivity contribution in [3.05, 3.63) is 42.0 Å². The molecular weight excluding hydrogens is 340 g/mol. The molecule has 2 aromatic carbocycles. The van der Waals surface area contributed by atoms with Crippen molar-refractivity contribution in [1.29, 1.82) is 0 Å². The SMILES string of the molecule is CCCCCCCCCCCCCCCCOc1ccc(C)c2ccccc12. The van der Waals surface area contributed by atoms with Crippen molar-refractivity contribution in [2.45, 2.75) is 104 Å². The highest BCUT2D eigenvalue weighted by Gasteiger charge is 2.03. The lowest BCUT2D eigenvalue weighted by molar-refractivity contribution is 0.307. The quantitative estimate of drug-likeness (QED) is 0.263. The fourth-order valence-electron chi connectivity index (χ4n) is 4.03. The molecule has 0 spiro atoms. The predicted octanol–water partition coefficient (Wildman–Crippen LogP) is 9.01. The van der Waals surface area contributed by atoms with E-state index < -0.39 is 0 Å². The summed E-state index contributed by atoms with van der Waals surface area (Å²) in [5.74, 6) is 1.04. The van der Waals surface area contributed by atoms with Crippen LogP contribution in [0.2, 0.25) is 0 Å². The smallest absolute Gasteiger partial charge is 0.127 e. The molecular formula is C27H42O. The molecule has 2 rings (SSSR count). The topological polar surface area (TPSA) is 9.23 Å². The molecule has 0 radical (unpaired) electrons. The Morgan fingerprint density at radius 1 is 0.571 bits per heavy atom. The Balaban J connectivity index is 1.44. The average molecular weight is 383 g/mol. The van der Waals surface area contributed by atoms with Gasteiger partial charge in [0.15, 0.2) is 0 Å². The highest BCUT2D eigenvalue weighted by molar-refractivity contribution is 5.90. The lowest BCUT2D eigenvalue weighted by Crippen LogP contribution is -1.98. The maximum Gasteiger partial charge on any atom is 0.127 e. The maximum absolute atomic E-state index is 6.08. The molecule has 0 saturated carbocycles. The molecule has 0 saturated heterocycles. The number of aryl methyl sites for hydroxylation is 1. The van der Waals surface area contributed by atoms with Crippen LogP contribution >= 0.6 is 0 Å². The first-order valence-electron chi connectivity index (χ1n) is 11.9. The van der Waals surface area contributed by atoms with E-state index in [9.17, 15) is 0 Å². The number of unbranched alkanes of at least 4 members (excludes halogenated alkanes) is 13. The van der Waals surface area contributed by atoms with Crippen LogP contribution in [0.5, 0.6) is 5.75 Å². The van der Waals surface area contributed by atoms with Crippen molar-refractivity contribution in [2.75, 3.05) is 6.61 Å². The second-order valence-corrected chi connectivity index (χ2v) is 8.37. The molecule has 0 heterocycles. The molecule has 0 atom stereocenters. The van der Waals surface area contributed by atoms with Crippen LogP contribution in [0.15, 0.2) is 36.4 Å². The van der Waals surface area contributed by atoms with Crippen molar-refractivity contribution < 1.29 is 4.74 Å². The zero-order chi connectivity index (χ0) is 19.9. The van der Waals surface area contributed by atoms with Crippen molar-refractivity contribution >= 4 is 10.8 Å². The normalized spacial score (nSPS) is 11.2. The molecule has 156 valence electrons. The Morgan fingerprint density at radius 2 is 1.07 bits per heavy atom. The predicted molar refractivity (Wildman–Crippen MR) is 124 cm³/mol. The molecule has 0 aliphatic carbocycles. The molecule has 1 nitrogen and oxygen atoms in total. The first-order valence-corrected chi connectivity index (χ1v) is 11.9. The van der Waals surface area contributed by atoms with Crippen LogP contribution in [-0.2, 0) is 0 Å². The Labute approximate surface area is 173 Å². The molecule has 0 aliphatic rings. The monoisotopic (exact) mass is 382 g/mol. The van der Waals surface area contributed by atoms with Gasteiger partial charge in [0.2, 0.25) is 0 Å². The molecule has 0 amide bonds. The molecule has 2 aromatic rings. The van der Waals surface area contributed by atoms with Crippen LogP contribution in [-0.4, -0.2) is 6.61 Å². The minimum atomic E-state index is 0.838. The molecule has 0 bridgehead atoms. The summed E-state index contributed by atoms with van der Waals surface area (Å²) in [5, 5.41) is 2.55. The second-order valence-electron chi connectivity index (χ2n) is 8.37. The summed E-state index contributed by atoms with van der Waals surface area (Å²) in [4.78, 5) is 0. The van der Waals surface area contributed by atoms with Crippen molar-refractivity contribution in [3.8, 4) is 5.75 Å². The lowest BCUT2D eigenvalue weighted by atomic mass is 10.0. The van der Waals surface area contributed by atoms with E-state index in [1.165, 1.54) is 106 Å². The fourth-order valence-corrected chi connectivity index (χ4v) is 4.03. The first-order chi connectivity index (χ1) is 13.8. The van der Waals surface area contributed by atoms with E-state index in [0.29, 0.717) is 0 Å². The second kappa shape index (κ2) is 14.5. The number of hydrogen-bond donors (Lipinski definition) is 0. The molecule has 0 N–H and O–H groups in total. The third-order valence-corrected chi connectivity index (χ3v) is 5.86. The van der Waals surface area contributed by atoms with E-state index in [1.54, 1.807) is 0 Å². The molecule has 0 fully saturated rings. The highest BCUT2D eigenvalue weighted by atomic mass is 16.5. The summed E-state index contributed by atoms with van der Waals surface area (Å²) >= 11 is 0. The van der Waals surface area contributed by atoms with Gasteiger partial charge < -0.3 is 4.74 Å². The minimum absolute atomic E-state index is 0.838. The largest absolute Gasteiger partial charge is 0.493 e. The first kappa shape index (κ1) is 22.8. The van der Waals surface area contributed by atoms with Crippen molar-refractivity contribution in [1.82, 2.24) is 0 Å². The van der Waals surface area contributed by atoms with Gasteiger partial charge in [0.05, 0.1) is 6.61 Å². The van der Waals surface area contributed by atoms with Gasteiger partial charge >= 0.3 is 0 Å². The van der Waals surface area contributed by atoms with Gasteiger partial charge in [-0.15, -0.1) is 0 Å². The summed E-state index contributed by atoms with van der Waals surface area (Å²) in [6.45, 7) is 5.30. The van der Waals surface area contributed by atoms with Crippen LogP contribution in [0, 0.1) is 6.92 Å². The number of ether oxygens (including phenoxy) is 1. The number of benzene rings is 2. The standard InChI is InChI=1S/C27H42O/c1-3-4-5-6-7-8-9-10-11-12-13-14-15-18-23-28-27-22-21-24(2)25-19-16-17-20-26(25)27/h16-17,19-22H,3-15,18,23H2,1-2H3. The van der Waals surface area contributed by atoms with E-state index in [0.717, 1.165) is 12.4 Å². The van der Waals surface area contributed by atoms with Gasteiger partial charge in [0.25, 0.3) is 0 Å². The van der Waals surface area contributed by atoms with E-state index in [1.807, 2.05) is 0 Å². The van der Waals surface area contributed by atoms with Gasteiger partial charge in [-0.1, -0.05) is 121 Å². The van der Waals surface area contributed by atoms with Crippen molar-refractivity contribution in [2.24, 2.45) is 0 Å². The zero-order valence-corrected chi connectivity index (χ0v) is 18.5. The minimum Gasteiger partial charge on any atom is -0.493 e. The van der Waals surface area contributed by atoms with Gasteiger partial charge in [-0.25, -0.2) is 0 Å². The van der Waals surface area contributed by atoms with Crippen LogP contribution < -0.4 is 4.74 Å². The third-order valence-electron chi connectivity index (χ3n) is 5.86. The molecule has 0 aliphatic heterocycles. The van der Waals surface area contributed by atoms with E-state index >= 15 is 0 Å². The summed E-state index contributed by atoms with van der Waals surface area (Å²) in [6, 6.07) is 12.9. The third kappa shape index (κ3) is 8.67. The number of fused-ring (bicyclic) bond motifs is 1. The van der Waals surface area contributed by atoms with Gasteiger partial charge in [-0.05, 0) is 30.4 Å².